The molecule has 3 N–H and O–H groups in total. The van der Waals surface area contributed by atoms with Gasteiger partial charge in [0.15, 0.2) is 0 Å². The summed E-state index contributed by atoms with van der Waals surface area (Å²) in [5.41, 5.74) is 1.31. The second-order valence-electron chi connectivity index (χ2n) is 4.57. The lowest BCUT2D eigenvalue weighted by Crippen LogP contribution is -2.30. The third-order valence-corrected chi connectivity index (χ3v) is 4.59. The number of hydrogen-bond donors (Lipinski definition) is 3. The second kappa shape index (κ2) is 6.91. The number of aliphatic hydroxyl groups excluding tert-OH is 1. The summed E-state index contributed by atoms with van der Waals surface area (Å²) >= 11 is 5.25. The van der Waals surface area contributed by atoms with Crippen molar-refractivity contribution < 1.29 is 5.11 Å². The smallest absolute Gasteiger partial charge is 0.0716 e. The van der Waals surface area contributed by atoms with Gasteiger partial charge in [-0.15, -0.1) is 11.8 Å². The maximum Gasteiger partial charge on any atom is 0.0716 e. The average molecular weight is 331 g/mol. The van der Waals surface area contributed by atoms with Gasteiger partial charge in [-0.2, -0.15) is 0 Å². The van der Waals surface area contributed by atoms with Crippen LogP contribution in [0.25, 0.3) is 0 Å². The number of thioether (sulfide) groups is 1. The SMILES string of the molecule is CSc1cc(Br)ccc1CNCC1CNCC1O. The van der Waals surface area contributed by atoms with Crippen LogP contribution in [0.1, 0.15) is 5.56 Å². The Morgan fingerprint density at radius 2 is 2.33 bits per heavy atom. The lowest BCUT2D eigenvalue weighted by atomic mass is 10.1. The van der Waals surface area contributed by atoms with Crippen LogP contribution in [0, 0.1) is 5.92 Å². The molecule has 1 aromatic rings. The highest BCUT2D eigenvalue weighted by atomic mass is 79.9. The summed E-state index contributed by atoms with van der Waals surface area (Å²) in [6.45, 7) is 3.34. The summed E-state index contributed by atoms with van der Waals surface area (Å²) in [5, 5.41) is 16.4. The molecule has 0 aromatic heterocycles. The normalized spacial score (nSPS) is 23.5. The topological polar surface area (TPSA) is 44.3 Å². The molecule has 1 aromatic carbocycles. The second-order valence-corrected chi connectivity index (χ2v) is 6.34. The largest absolute Gasteiger partial charge is 0.391 e. The molecule has 2 atom stereocenters. The van der Waals surface area contributed by atoms with Gasteiger partial charge in [-0.25, -0.2) is 0 Å². The zero-order valence-electron chi connectivity index (χ0n) is 10.4. The van der Waals surface area contributed by atoms with E-state index in [9.17, 15) is 5.11 Å². The quantitative estimate of drug-likeness (QED) is 0.721. The van der Waals surface area contributed by atoms with Gasteiger partial charge < -0.3 is 15.7 Å². The van der Waals surface area contributed by atoms with Gasteiger partial charge in [-0.3, -0.25) is 0 Å². The molecule has 5 heteroatoms. The molecule has 0 radical (unpaired) electrons. The number of hydrogen-bond acceptors (Lipinski definition) is 4. The maximum absolute atomic E-state index is 9.71. The highest BCUT2D eigenvalue weighted by molar-refractivity contribution is 9.10. The van der Waals surface area contributed by atoms with Crippen molar-refractivity contribution >= 4 is 27.7 Å². The lowest BCUT2D eigenvalue weighted by Gasteiger charge is -2.15. The highest BCUT2D eigenvalue weighted by Gasteiger charge is 2.24. The zero-order chi connectivity index (χ0) is 13.0. The van der Waals surface area contributed by atoms with E-state index >= 15 is 0 Å². The first-order valence-corrected chi connectivity index (χ1v) is 8.14. The van der Waals surface area contributed by atoms with Crippen molar-refractivity contribution in [3.8, 4) is 0 Å². The Morgan fingerprint density at radius 3 is 3.00 bits per heavy atom. The summed E-state index contributed by atoms with van der Waals surface area (Å²) in [7, 11) is 0. The summed E-state index contributed by atoms with van der Waals surface area (Å²) in [6, 6.07) is 6.36. The van der Waals surface area contributed by atoms with Crippen LogP contribution in [0.4, 0.5) is 0 Å². The third-order valence-electron chi connectivity index (χ3n) is 3.28. The van der Waals surface area contributed by atoms with Crippen LogP contribution in [0.5, 0.6) is 0 Å². The Balaban J connectivity index is 1.86. The standard InChI is InChI=1S/C13H19BrN2OS/c1-18-13-4-11(14)3-2-9(13)5-15-6-10-7-16-8-12(10)17/h2-4,10,12,15-17H,5-8H2,1H3. The molecule has 1 aliphatic heterocycles. The predicted octanol–water partition coefficient (Wildman–Crippen LogP) is 1.84. The Bertz CT molecular complexity index is 403. The van der Waals surface area contributed by atoms with E-state index in [1.54, 1.807) is 11.8 Å². The molecule has 0 amide bonds. The van der Waals surface area contributed by atoms with Crippen molar-refractivity contribution in [2.45, 2.75) is 17.5 Å². The Labute approximate surface area is 121 Å². The average Bonchev–Trinajstić information content (AvgIpc) is 2.77. The molecule has 0 spiro atoms. The molecular weight excluding hydrogens is 312 g/mol. The van der Waals surface area contributed by atoms with Gasteiger partial charge in [0, 0.05) is 41.5 Å². The van der Waals surface area contributed by atoms with Crippen LogP contribution in [-0.4, -0.2) is 37.1 Å². The molecule has 1 heterocycles. The lowest BCUT2D eigenvalue weighted by molar-refractivity contribution is 0.146. The number of rotatable bonds is 5. The van der Waals surface area contributed by atoms with Gasteiger partial charge in [-0.1, -0.05) is 22.0 Å². The van der Waals surface area contributed by atoms with Crippen LogP contribution >= 0.6 is 27.7 Å². The molecule has 18 heavy (non-hydrogen) atoms. The minimum absolute atomic E-state index is 0.206. The minimum atomic E-state index is -0.206. The monoisotopic (exact) mass is 330 g/mol. The number of nitrogens with one attached hydrogen (secondary N) is 2. The molecule has 100 valence electrons. The summed E-state index contributed by atoms with van der Waals surface area (Å²) in [4.78, 5) is 1.29. The minimum Gasteiger partial charge on any atom is -0.391 e. The van der Waals surface area contributed by atoms with Gasteiger partial charge in [0.2, 0.25) is 0 Å². The van der Waals surface area contributed by atoms with E-state index in [4.69, 9.17) is 0 Å². The molecule has 0 aliphatic carbocycles. The first-order chi connectivity index (χ1) is 8.70. The van der Waals surface area contributed by atoms with E-state index in [1.165, 1.54) is 10.5 Å². The van der Waals surface area contributed by atoms with Gasteiger partial charge in [0.05, 0.1) is 6.10 Å². The molecule has 2 unspecified atom stereocenters. The highest BCUT2D eigenvalue weighted by Crippen LogP contribution is 2.24. The van der Waals surface area contributed by atoms with Crippen molar-refractivity contribution in [1.29, 1.82) is 0 Å². The number of aliphatic hydroxyl groups is 1. The first kappa shape index (κ1) is 14.3. The maximum atomic E-state index is 9.71. The Kier molecular flexibility index (Phi) is 5.51. The van der Waals surface area contributed by atoms with Crippen molar-refractivity contribution in [3.05, 3.63) is 28.2 Å². The zero-order valence-corrected chi connectivity index (χ0v) is 12.9. The number of β-amino-alcohol motifs (C(OH)–C–C–N with tert-alkyl or cyclic N) is 1. The van der Waals surface area contributed by atoms with Crippen LogP contribution in [0.15, 0.2) is 27.6 Å². The number of benzene rings is 1. The van der Waals surface area contributed by atoms with Crippen LogP contribution in [-0.2, 0) is 6.54 Å². The molecule has 1 aliphatic rings. The molecule has 0 bridgehead atoms. The fourth-order valence-electron chi connectivity index (χ4n) is 2.18. The van der Waals surface area contributed by atoms with E-state index in [0.717, 1.165) is 30.7 Å². The molecule has 0 saturated carbocycles. The summed E-state index contributed by atoms with van der Waals surface area (Å²) in [5.74, 6) is 0.332. The van der Waals surface area contributed by atoms with E-state index < -0.39 is 0 Å². The van der Waals surface area contributed by atoms with Crippen molar-refractivity contribution in [1.82, 2.24) is 10.6 Å². The molecular formula is C13H19BrN2OS. The van der Waals surface area contributed by atoms with E-state index in [1.807, 2.05) is 0 Å². The summed E-state index contributed by atoms with van der Waals surface area (Å²) < 4.78 is 1.12. The van der Waals surface area contributed by atoms with Gasteiger partial charge >= 0.3 is 0 Å². The summed E-state index contributed by atoms with van der Waals surface area (Å²) in [6.07, 6.45) is 1.89. The van der Waals surface area contributed by atoms with Gasteiger partial charge in [0.1, 0.15) is 0 Å². The molecule has 2 rings (SSSR count). The van der Waals surface area contributed by atoms with Crippen molar-refractivity contribution in [2.75, 3.05) is 25.9 Å². The van der Waals surface area contributed by atoms with Gasteiger partial charge in [-0.05, 0) is 24.0 Å². The van der Waals surface area contributed by atoms with Crippen LogP contribution in [0.3, 0.4) is 0 Å². The molecule has 1 saturated heterocycles. The van der Waals surface area contributed by atoms with Crippen LogP contribution < -0.4 is 10.6 Å². The van der Waals surface area contributed by atoms with Crippen LogP contribution in [0.2, 0.25) is 0 Å². The predicted molar refractivity (Wildman–Crippen MR) is 80.0 cm³/mol. The molecule has 1 fully saturated rings. The van der Waals surface area contributed by atoms with E-state index in [0.29, 0.717) is 5.92 Å². The van der Waals surface area contributed by atoms with Crippen molar-refractivity contribution in [2.24, 2.45) is 5.92 Å². The van der Waals surface area contributed by atoms with Crippen molar-refractivity contribution in [3.63, 3.8) is 0 Å². The third kappa shape index (κ3) is 3.71. The first-order valence-electron chi connectivity index (χ1n) is 6.12. The van der Waals surface area contributed by atoms with E-state index in [-0.39, 0.29) is 6.10 Å². The Hall–Kier alpha value is -0.0700. The van der Waals surface area contributed by atoms with Gasteiger partial charge in [0.25, 0.3) is 0 Å². The number of halogens is 1. The molecule has 3 nitrogen and oxygen atoms in total. The fourth-order valence-corrected chi connectivity index (χ4v) is 3.34. The van der Waals surface area contributed by atoms with E-state index in [2.05, 4.69) is 51.0 Å². The fraction of sp³-hybridized carbons (Fsp3) is 0.538. The Morgan fingerprint density at radius 1 is 1.50 bits per heavy atom.